The first-order chi connectivity index (χ1) is 10.6. The molecule has 0 saturated carbocycles. The number of nitrogens with zero attached hydrogens (tertiary/aromatic N) is 2. The molecule has 0 amide bonds. The van der Waals surface area contributed by atoms with E-state index in [0.717, 1.165) is 21.2 Å². The number of carbonyl (C=O) groups excluding carboxylic acids is 1. The lowest BCUT2D eigenvalue weighted by Crippen LogP contribution is -2.14. The molecule has 0 fully saturated rings. The highest BCUT2D eigenvalue weighted by Crippen LogP contribution is 2.33. The van der Waals surface area contributed by atoms with E-state index in [2.05, 4.69) is 36.3 Å². The number of hydrogen-bond acceptors (Lipinski definition) is 4. The molecular formula is C17H16N2O2S. The van der Waals surface area contributed by atoms with Gasteiger partial charge in [0.05, 0.1) is 22.5 Å². The third-order valence-electron chi connectivity index (χ3n) is 3.39. The Morgan fingerprint density at radius 1 is 1.14 bits per heavy atom. The van der Waals surface area contributed by atoms with Gasteiger partial charge in [-0.1, -0.05) is 29.5 Å². The zero-order valence-corrected chi connectivity index (χ0v) is 13.5. The molecular weight excluding hydrogens is 296 g/mol. The van der Waals surface area contributed by atoms with E-state index < -0.39 is 0 Å². The fourth-order valence-corrected chi connectivity index (χ4v) is 3.13. The summed E-state index contributed by atoms with van der Waals surface area (Å²) in [7, 11) is 0. The predicted octanol–water partition coefficient (Wildman–Crippen LogP) is 4.24. The smallest absolute Gasteiger partial charge is 0.314 e. The Balaban J connectivity index is 1.93. The van der Waals surface area contributed by atoms with Crippen molar-refractivity contribution >= 4 is 17.7 Å². The van der Waals surface area contributed by atoms with Gasteiger partial charge >= 0.3 is 5.91 Å². The van der Waals surface area contributed by atoms with E-state index in [1.54, 1.807) is 23.9 Å². The van der Waals surface area contributed by atoms with E-state index >= 15 is 0 Å². The summed E-state index contributed by atoms with van der Waals surface area (Å²) in [5.41, 5.74) is 2.88. The molecule has 5 heteroatoms. The Morgan fingerprint density at radius 2 is 1.86 bits per heavy atom. The van der Waals surface area contributed by atoms with Crippen LogP contribution >= 0.6 is 11.8 Å². The molecule has 22 heavy (non-hydrogen) atoms. The maximum absolute atomic E-state index is 12.4. The van der Waals surface area contributed by atoms with Crippen molar-refractivity contribution in [1.29, 1.82) is 0 Å². The van der Waals surface area contributed by atoms with E-state index in [1.165, 1.54) is 16.5 Å². The molecule has 0 bridgehead atoms. The molecule has 3 rings (SSSR count). The van der Waals surface area contributed by atoms with Crippen molar-refractivity contribution in [3.63, 3.8) is 0 Å². The Kier molecular flexibility index (Phi) is 3.90. The Labute approximate surface area is 133 Å². The number of hydrogen-bond donors (Lipinski definition) is 0. The van der Waals surface area contributed by atoms with Gasteiger partial charge in [0.25, 0.3) is 0 Å². The Bertz CT molecular complexity index is 802. The van der Waals surface area contributed by atoms with Crippen LogP contribution in [0.3, 0.4) is 0 Å². The lowest BCUT2D eigenvalue weighted by molar-refractivity contribution is 0.0914. The zero-order valence-electron chi connectivity index (χ0n) is 12.7. The minimum absolute atomic E-state index is 0.249. The molecule has 0 spiro atoms. The predicted molar refractivity (Wildman–Crippen MR) is 85.4 cm³/mol. The van der Waals surface area contributed by atoms with Crippen LogP contribution < -0.4 is 0 Å². The second kappa shape index (κ2) is 5.85. The van der Waals surface area contributed by atoms with E-state index in [4.69, 9.17) is 4.42 Å². The van der Waals surface area contributed by atoms with Crippen LogP contribution in [-0.2, 0) is 0 Å². The molecule has 0 aliphatic heterocycles. The van der Waals surface area contributed by atoms with Gasteiger partial charge in [-0.3, -0.25) is 4.79 Å². The minimum atomic E-state index is -0.249. The van der Waals surface area contributed by atoms with Crippen LogP contribution in [0.5, 0.6) is 0 Å². The molecule has 112 valence electrons. The van der Waals surface area contributed by atoms with Crippen molar-refractivity contribution in [2.24, 2.45) is 0 Å². The zero-order chi connectivity index (χ0) is 15.7. The normalized spacial score (nSPS) is 10.9. The highest BCUT2D eigenvalue weighted by Gasteiger charge is 2.20. The van der Waals surface area contributed by atoms with Crippen LogP contribution in [0.15, 0.2) is 56.9 Å². The summed E-state index contributed by atoms with van der Waals surface area (Å²) >= 11 is 1.62. The first kappa shape index (κ1) is 14.7. The number of rotatable bonds is 3. The summed E-state index contributed by atoms with van der Waals surface area (Å²) in [6.45, 7) is 5.87. The first-order valence-corrected chi connectivity index (χ1v) is 7.77. The van der Waals surface area contributed by atoms with Crippen molar-refractivity contribution in [2.75, 3.05) is 0 Å². The molecule has 0 saturated heterocycles. The molecule has 3 aromatic rings. The third-order valence-corrected chi connectivity index (χ3v) is 4.69. The summed E-state index contributed by atoms with van der Waals surface area (Å²) in [6.07, 6.45) is 1.49. The van der Waals surface area contributed by atoms with Crippen LogP contribution in [0.25, 0.3) is 0 Å². The molecule has 0 aliphatic carbocycles. The van der Waals surface area contributed by atoms with E-state index in [0.29, 0.717) is 0 Å². The van der Waals surface area contributed by atoms with Crippen molar-refractivity contribution in [3.8, 4) is 0 Å². The Morgan fingerprint density at radius 3 is 2.50 bits per heavy atom. The van der Waals surface area contributed by atoms with Gasteiger partial charge in [-0.25, -0.2) is 0 Å². The summed E-state index contributed by atoms with van der Waals surface area (Å²) < 4.78 is 6.58. The molecule has 4 nitrogen and oxygen atoms in total. The van der Waals surface area contributed by atoms with Gasteiger partial charge in [-0.15, -0.1) is 0 Å². The minimum Gasteiger partial charge on any atom is -0.459 e. The fourth-order valence-electron chi connectivity index (χ4n) is 2.20. The van der Waals surface area contributed by atoms with Crippen LogP contribution in [-0.4, -0.2) is 15.7 Å². The second-order valence-electron chi connectivity index (χ2n) is 5.11. The highest BCUT2D eigenvalue weighted by atomic mass is 32.2. The molecule has 0 radical (unpaired) electrons. The van der Waals surface area contributed by atoms with Gasteiger partial charge in [0.2, 0.25) is 0 Å². The molecule has 1 aromatic carbocycles. The van der Waals surface area contributed by atoms with Crippen LogP contribution in [0.4, 0.5) is 0 Å². The highest BCUT2D eigenvalue weighted by molar-refractivity contribution is 7.99. The standard InChI is InChI=1S/C17H16N2O2S/c1-11-6-8-14(9-7-11)22-16-12(2)18-19(13(16)3)17(20)15-5-4-10-21-15/h4-10H,1-3H3. The van der Waals surface area contributed by atoms with Crippen LogP contribution in [0, 0.1) is 20.8 Å². The average Bonchev–Trinajstić information content (AvgIpc) is 3.12. The second-order valence-corrected chi connectivity index (χ2v) is 6.19. The van der Waals surface area contributed by atoms with Crippen molar-refractivity contribution in [1.82, 2.24) is 9.78 Å². The number of aryl methyl sites for hydroxylation is 2. The maximum Gasteiger partial charge on any atom is 0.314 e. The fraction of sp³-hybridized carbons (Fsp3) is 0.176. The van der Waals surface area contributed by atoms with Crippen molar-refractivity contribution in [2.45, 2.75) is 30.6 Å². The lowest BCUT2D eigenvalue weighted by atomic mass is 10.2. The SMILES string of the molecule is Cc1ccc(Sc2c(C)nn(C(=O)c3ccco3)c2C)cc1. The molecule has 0 atom stereocenters. The van der Waals surface area contributed by atoms with Crippen LogP contribution in [0.2, 0.25) is 0 Å². The largest absolute Gasteiger partial charge is 0.459 e. The molecule has 2 aromatic heterocycles. The molecule has 2 heterocycles. The summed E-state index contributed by atoms with van der Waals surface area (Å²) in [5, 5.41) is 4.37. The van der Waals surface area contributed by atoms with Gasteiger partial charge in [0.15, 0.2) is 5.76 Å². The van der Waals surface area contributed by atoms with Gasteiger partial charge in [-0.05, 0) is 45.0 Å². The summed E-state index contributed by atoms with van der Waals surface area (Å²) in [6, 6.07) is 11.6. The number of benzene rings is 1. The van der Waals surface area contributed by atoms with Gasteiger partial charge < -0.3 is 4.42 Å². The van der Waals surface area contributed by atoms with Gasteiger partial charge in [-0.2, -0.15) is 9.78 Å². The maximum atomic E-state index is 12.4. The van der Waals surface area contributed by atoms with Crippen molar-refractivity contribution < 1.29 is 9.21 Å². The van der Waals surface area contributed by atoms with Gasteiger partial charge in [0.1, 0.15) is 0 Å². The van der Waals surface area contributed by atoms with Crippen LogP contribution in [0.1, 0.15) is 27.5 Å². The number of aromatic nitrogens is 2. The quantitative estimate of drug-likeness (QED) is 0.725. The topological polar surface area (TPSA) is 48.0 Å². The number of furan rings is 1. The summed E-state index contributed by atoms with van der Waals surface area (Å²) in [5.74, 6) is 0.0406. The first-order valence-electron chi connectivity index (χ1n) is 6.95. The lowest BCUT2D eigenvalue weighted by Gasteiger charge is -2.03. The average molecular weight is 312 g/mol. The van der Waals surface area contributed by atoms with Crippen molar-refractivity contribution in [3.05, 3.63) is 65.4 Å². The third kappa shape index (κ3) is 2.72. The number of carbonyl (C=O) groups is 1. The molecule has 0 unspecified atom stereocenters. The molecule has 0 aliphatic rings. The monoisotopic (exact) mass is 312 g/mol. The summed E-state index contributed by atoms with van der Waals surface area (Å²) in [4.78, 5) is 14.5. The van der Waals surface area contributed by atoms with E-state index in [9.17, 15) is 4.79 Å². The van der Waals surface area contributed by atoms with E-state index in [1.807, 2.05) is 13.8 Å². The molecule has 0 N–H and O–H groups in total. The van der Waals surface area contributed by atoms with Gasteiger partial charge in [0, 0.05) is 4.90 Å². The Hall–Kier alpha value is -2.27. The van der Waals surface area contributed by atoms with E-state index in [-0.39, 0.29) is 11.7 Å².